The average molecular weight is 118 g/mol. The van der Waals surface area contributed by atoms with Gasteiger partial charge >= 0.3 is 0 Å². The summed E-state index contributed by atoms with van der Waals surface area (Å²) in [4.78, 5) is 0. The Kier molecular flexibility index (Phi) is 1.48. The second-order valence-corrected chi connectivity index (χ2v) is 2.08. The number of rotatable bonds is 1. The molecule has 48 valence electrons. The van der Waals surface area contributed by atoms with Crippen LogP contribution in [-0.4, -0.2) is 36.2 Å². The lowest BCUT2D eigenvalue weighted by Crippen LogP contribution is -2.41. The van der Waals surface area contributed by atoms with E-state index in [9.17, 15) is 5.21 Å². The number of quaternary nitrogens is 1. The Morgan fingerprint density at radius 2 is 2.50 bits per heavy atom. The van der Waals surface area contributed by atoms with Gasteiger partial charge in [-0.15, -0.1) is 0 Å². The Balaban J connectivity index is 2.40. The lowest BCUT2D eigenvalue weighted by atomic mass is 10.6. The van der Waals surface area contributed by atoms with Gasteiger partial charge < -0.3 is 15.0 Å². The van der Waals surface area contributed by atoms with Crippen molar-refractivity contribution in [2.75, 3.05) is 26.5 Å². The molecule has 0 amide bonds. The fraction of sp³-hybridized carbons (Fsp3) is 1.00. The quantitative estimate of drug-likeness (QED) is 0.336. The monoisotopic (exact) mass is 118 g/mol. The van der Waals surface area contributed by atoms with Crippen molar-refractivity contribution in [1.82, 2.24) is 5.32 Å². The first-order valence-corrected chi connectivity index (χ1v) is 2.65. The molecule has 0 aromatic carbocycles. The van der Waals surface area contributed by atoms with Gasteiger partial charge in [-0.25, -0.2) is 0 Å². The van der Waals surface area contributed by atoms with Crippen LogP contribution in [0.25, 0.3) is 0 Å². The zero-order chi connectivity index (χ0) is 6.04. The van der Waals surface area contributed by atoms with Gasteiger partial charge in [0.2, 0.25) is 0 Å². The van der Waals surface area contributed by atoms with Crippen LogP contribution in [0, 0.1) is 5.21 Å². The number of aliphatic hydroxyl groups excluding tert-OH is 1. The molecule has 0 saturated carbocycles. The number of hydrogen-bond acceptors (Lipinski definition) is 3. The Morgan fingerprint density at radius 3 is 2.75 bits per heavy atom. The van der Waals surface area contributed by atoms with E-state index in [4.69, 9.17) is 5.11 Å². The van der Waals surface area contributed by atoms with E-state index in [1.165, 1.54) is 0 Å². The van der Waals surface area contributed by atoms with Crippen LogP contribution in [0.3, 0.4) is 0 Å². The normalized spacial score (nSPS) is 38.2. The first-order valence-electron chi connectivity index (χ1n) is 2.65. The predicted octanol–water partition coefficient (Wildman–Crippen LogP) is -1.19. The van der Waals surface area contributed by atoms with Crippen LogP contribution in [0.4, 0.5) is 0 Å². The molecule has 1 heterocycles. The van der Waals surface area contributed by atoms with Gasteiger partial charge in [0, 0.05) is 0 Å². The molecule has 1 fully saturated rings. The second kappa shape index (κ2) is 1.99. The summed E-state index contributed by atoms with van der Waals surface area (Å²) in [6.45, 7) is 1.28. The van der Waals surface area contributed by atoms with Crippen LogP contribution in [0.2, 0.25) is 0 Å². The summed E-state index contributed by atoms with van der Waals surface area (Å²) in [6, 6.07) is 0. The molecule has 1 rings (SSSR count). The van der Waals surface area contributed by atoms with E-state index >= 15 is 0 Å². The molecule has 4 heteroatoms. The minimum atomic E-state index is -0.486. The summed E-state index contributed by atoms with van der Waals surface area (Å²) in [5.41, 5.74) is 0. The van der Waals surface area contributed by atoms with Gasteiger partial charge in [-0.2, -0.15) is 0 Å². The van der Waals surface area contributed by atoms with Crippen molar-refractivity contribution in [2.45, 2.75) is 0 Å². The van der Waals surface area contributed by atoms with Crippen molar-refractivity contribution in [3.8, 4) is 0 Å². The molecule has 4 nitrogen and oxygen atoms in total. The number of hydroxylamine groups is 3. The SMILES string of the molecule is [O-][N+]1(CO)CCNC1. The highest BCUT2D eigenvalue weighted by atomic mass is 16.6. The first kappa shape index (κ1) is 5.97. The summed E-state index contributed by atoms with van der Waals surface area (Å²) in [7, 11) is 0. The molecular formula is C4H10N2O2. The van der Waals surface area contributed by atoms with Crippen molar-refractivity contribution in [3.63, 3.8) is 0 Å². The minimum absolute atomic E-state index is 0.299. The maximum absolute atomic E-state index is 10.9. The Hall–Kier alpha value is -0.160. The van der Waals surface area contributed by atoms with E-state index in [2.05, 4.69) is 5.32 Å². The van der Waals surface area contributed by atoms with Crippen molar-refractivity contribution in [2.24, 2.45) is 0 Å². The van der Waals surface area contributed by atoms with Gasteiger partial charge in [0.05, 0.1) is 13.1 Å². The van der Waals surface area contributed by atoms with Crippen molar-refractivity contribution in [3.05, 3.63) is 5.21 Å². The highest BCUT2D eigenvalue weighted by Gasteiger charge is 2.19. The average Bonchev–Trinajstić information content (AvgIpc) is 2.17. The summed E-state index contributed by atoms with van der Waals surface area (Å²) in [5, 5.41) is 22.2. The van der Waals surface area contributed by atoms with Crippen LogP contribution >= 0.6 is 0 Å². The highest BCUT2D eigenvalue weighted by molar-refractivity contribution is 4.50. The highest BCUT2D eigenvalue weighted by Crippen LogP contribution is 2.03. The lowest BCUT2D eigenvalue weighted by molar-refractivity contribution is -0.887. The number of aliphatic hydroxyl groups is 1. The third-order valence-electron chi connectivity index (χ3n) is 1.35. The number of hydrogen-bond donors (Lipinski definition) is 2. The van der Waals surface area contributed by atoms with Gasteiger partial charge in [0.25, 0.3) is 0 Å². The maximum Gasteiger partial charge on any atom is 0.181 e. The summed E-state index contributed by atoms with van der Waals surface area (Å²) in [5.74, 6) is 0. The molecule has 0 radical (unpaired) electrons. The molecule has 0 bridgehead atoms. The molecule has 1 aliphatic rings. The van der Waals surface area contributed by atoms with Crippen LogP contribution in [-0.2, 0) is 0 Å². The molecule has 1 atom stereocenters. The first-order chi connectivity index (χ1) is 3.77. The third kappa shape index (κ3) is 0.976. The van der Waals surface area contributed by atoms with E-state index in [-0.39, 0.29) is 6.73 Å². The van der Waals surface area contributed by atoms with E-state index in [1.807, 2.05) is 0 Å². The zero-order valence-electron chi connectivity index (χ0n) is 4.63. The summed E-state index contributed by atoms with van der Waals surface area (Å²) >= 11 is 0. The third-order valence-corrected chi connectivity index (χ3v) is 1.35. The Labute approximate surface area is 47.9 Å². The molecule has 0 aromatic rings. The van der Waals surface area contributed by atoms with Gasteiger partial charge in [-0.05, 0) is 0 Å². The fourth-order valence-corrected chi connectivity index (χ4v) is 0.765. The van der Waals surface area contributed by atoms with E-state index < -0.39 is 4.65 Å². The molecule has 8 heavy (non-hydrogen) atoms. The second-order valence-electron chi connectivity index (χ2n) is 2.08. The smallest absolute Gasteiger partial charge is 0.181 e. The van der Waals surface area contributed by atoms with E-state index in [1.54, 1.807) is 0 Å². The molecule has 0 aromatic heterocycles. The molecule has 0 spiro atoms. The van der Waals surface area contributed by atoms with E-state index in [0.717, 1.165) is 6.54 Å². The Bertz CT molecular complexity index is 80.1. The van der Waals surface area contributed by atoms with Gasteiger partial charge in [0.15, 0.2) is 6.73 Å². The Morgan fingerprint density at radius 1 is 1.75 bits per heavy atom. The zero-order valence-corrected chi connectivity index (χ0v) is 4.63. The largest absolute Gasteiger partial charge is 0.630 e. The molecular weight excluding hydrogens is 108 g/mol. The summed E-state index contributed by atoms with van der Waals surface area (Å²) in [6.07, 6.45) is 0. The van der Waals surface area contributed by atoms with Crippen molar-refractivity contribution >= 4 is 0 Å². The lowest BCUT2D eigenvalue weighted by Gasteiger charge is -2.34. The van der Waals surface area contributed by atoms with Crippen LogP contribution < -0.4 is 5.32 Å². The summed E-state index contributed by atoms with van der Waals surface area (Å²) < 4.78 is -0.486. The predicted molar refractivity (Wildman–Crippen MR) is 28.4 cm³/mol. The van der Waals surface area contributed by atoms with Crippen LogP contribution in [0.15, 0.2) is 0 Å². The standard InChI is InChI=1S/C4H10N2O2/c7-4-6(8)2-1-5-3-6/h5,7H,1-4H2. The van der Waals surface area contributed by atoms with Gasteiger partial charge in [-0.3, -0.25) is 5.32 Å². The minimum Gasteiger partial charge on any atom is -0.630 e. The van der Waals surface area contributed by atoms with Gasteiger partial charge in [-0.1, -0.05) is 0 Å². The van der Waals surface area contributed by atoms with Crippen molar-refractivity contribution < 1.29 is 9.75 Å². The molecule has 2 N–H and O–H groups in total. The van der Waals surface area contributed by atoms with E-state index in [0.29, 0.717) is 13.2 Å². The van der Waals surface area contributed by atoms with Crippen LogP contribution in [0.1, 0.15) is 0 Å². The number of nitrogens with one attached hydrogen (secondary N) is 1. The fourth-order valence-electron chi connectivity index (χ4n) is 0.765. The van der Waals surface area contributed by atoms with Gasteiger partial charge in [0.1, 0.15) is 6.67 Å². The maximum atomic E-state index is 10.9. The van der Waals surface area contributed by atoms with Crippen molar-refractivity contribution in [1.29, 1.82) is 0 Å². The molecule has 1 saturated heterocycles. The number of nitrogens with zero attached hydrogens (tertiary/aromatic N) is 1. The topological polar surface area (TPSA) is 55.3 Å². The van der Waals surface area contributed by atoms with Crippen LogP contribution in [0.5, 0.6) is 0 Å². The molecule has 1 unspecified atom stereocenters. The molecule has 1 aliphatic heterocycles. The molecule has 0 aliphatic carbocycles.